The molecule has 0 unspecified atom stereocenters. The molecule has 3 aromatic rings. The summed E-state index contributed by atoms with van der Waals surface area (Å²) < 4.78 is 8.79. The lowest BCUT2D eigenvalue weighted by Crippen LogP contribution is -2.46. The number of hydrogen-bond donors (Lipinski definition) is 0. The number of hydrogen-bond acceptors (Lipinski definition) is 3. The Hall–Kier alpha value is -0.180. The number of nitrogens with zero attached hydrogens (tertiary/aromatic N) is 6. The van der Waals surface area contributed by atoms with Crippen LogP contribution in [0.1, 0.15) is 6.92 Å². The first-order valence-corrected chi connectivity index (χ1v) is 8.86. The Bertz CT molecular complexity index is 644. The van der Waals surface area contributed by atoms with Crippen LogP contribution in [0.25, 0.3) is 0 Å². The van der Waals surface area contributed by atoms with Gasteiger partial charge in [-0.3, -0.25) is 0 Å². The van der Waals surface area contributed by atoms with Crippen molar-refractivity contribution in [3.8, 4) is 0 Å². The second kappa shape index (κ2) is 5.55. The van der Waals surface area contributed by atoms with Gasteiger partial charge in [0.25, 0.3) is 0 Å². The molecule has 0 aliphatic rings. The summed E-state index contributed by atoms with van der Waals surface area (Å²) in [6, 6.07) is 0. The molecule has 3 rings (SSSR count). The van der Waals surface area contributed by atoms with E-state index in [4.69, 9.17) is 0 Å². The molecular formula is C11H9I3N6. The van der Waals surface area contributed by atoms with Gasteiger partial charge in [0, 0.05) is 25.5 Å². The zero-order valence-electron chi connectivity index (χ0n) is 10.3. The standard InChI is InChI=1S/C11H9I3N6/c1-11(18-5-8(12)2-15-18,19-6-9(13)3-16-19)20-7-10(14)4-17-20/h2-7H,1H3. The minimum atomic E-state index is -0.656. The highest BCUT2D eigenvalue weighted by Gasteiger charge is 2.33. The van der Waals surface area contributed by atoms with Gasteiger partial charge in [-0.05, 0) is 67.8 Å². The van der Waals surface area contributed by atoms with Gasteiger partial charge in [-0.15, -0.1) is 0 Å². The molecule has 0 saturated carbocycles. The molecule has 0 atom stereocenters. The Morgan fingerprint density at radius 1 is 0.750 bits per heavy atom. The van der Waals surface area contributed by atoms with Crippen LogP contribution in [0.3, 0.4) is 0 Å². The van der Waals surface area contributed by atoms with Gasteiger partial charge >= 0.3 is 0 Å². The summed E-state index contributed by atoms with van der Waals surface area (Å²) in [5.74, 6) is -0.656. The Balaban J connectivity index is 2.22. The van der Waals surface area contributed by atoms with Crippen LogP contribution in [0.15, 0.2) is 37.2 Å². The number of halogens is 3. The monoisotopic (exact) mass is 606 g/mol. The first-order valence-electron chi connectivity index (χ1n) is 5.62. The minimum absolute atomic E-state index is 0.656. The molecule has 0 saturated heterocycles. The molecule has 9 heteroatoms. The van der Waals surface area contributed by atoms with Crippen LogP contribution in [-0.4, -0.2) is 29.3 Å². The minimum Gasteiger partial charge on any atom is -0.224 e. The van der Waals surface area contributed by atoms with Gasteiger partial charge in [-0.25, -0.2) is 14.0 Å². The molecule has 20 heavy (non-hydrogen) atoms. The number of aromatic nitrogens is 6. The third kappa shape index (κ3) is 2.51. The topological polar surface area (TPSA) is 53.5 Å². The van der Waals surface area contributed by atoms with Gasteiger partial charge in [-0.1, -0.05) is 0 Å². The van der Waals surface area contributed by atoms with E-state index in [9.17, 15) is 0 Å². The maximum absolute atomic E-state index is 4.44. The number of rotatable bonds is 3. The maximum Gasteiger partial charge on any atom is 0.245 e. The Kier molecular flexibility index (Phi) is 4.09. The molecule has 0 bridgehead atoms. The molecular weight excluding hydrogens is 597 g/mol. The van der Waals surface area contributed by atoms with Crippen molar-refractivity contribution in [2.24, 2.45) is 0 Å². The predicted molar refractivity (Wildman–Crippen MR) is 99.3 cm³/mol. The van der Waals surface area contributed by atoms with E-state index in [2.05, 4.69) is 83.1 Å². The van der Waals surface area contributed by atoms with Crippen LogP contribution in [0.2, 0.25) is 0 Å². The highest BCUT2D eigenvalue weighted by atomic mass is 127. The Morgan fingerprint density at radius 3 is 1.25 bits per heavy atom. The summed E-state index contributed by atoms with van der Waals surface area (Å²) in [4.78, 5) is 0. The largest absolute Gasteiger partial charge is 0.245 e. The van der Waals surface area contributed by atoms with E-state index in [1.54, 1.807) is 0 Å². The van der Waals surface area contributed by atoms with Crippen molar-refractivity contribution in [2.75, 3.05) is 0 Å². The van der Waals surface area contributed by atoms with Crippen LogP contribution < -0.4 is 0 Å². The van der Waals surface area contributed by atoms with Gasteiger partial charge in [0.1, 0.15) is 0 Å². The SMILES string of the molecule is CC(n1cc(I)cn1)(n1cc(I)cn1)n1cc(I)cn1. The first kappa shape index (κ1) is 14.7. The molecule has 0 radical (unpaired) electrons. The molecule has 0 fully saturated rings. The molecule has 0 aromatic carbocycles. The van der Waals surface area contributed by atoms with E-state index >= 15 is 0 Å². The molecule has 0 N–H and O–H groups in total. The molecule has 3 aromatic heterocycles. The summed E-state index contributed by atoms with van der Waals surface area (Å²) in [5.41, 5.74) is 0. The van der Waals surface area contributed by atoms with Crippen molar-refractivity contribution in [3.63, 3.8) is 0 Å². The van der Waals surface area contributed by atoms with Crippen LogP contribution >= 0.6 is 67.8 Å². The van der Waals surface area contributed by atoms with Gasteiger partial charge in [0.15, 0.2) is 0 Å². The summed E-state index contributed by atoms with van der Waals surface area (Å²) >= 11 is 6.73. The summed E-state index contributed by atoms with van der Waals surface area (Å²) in [6.07, 6.45) is 11.4. The third-order valence-electron chi connectivity index (χ3n) is 2.96. The first-order chi connectivity index (χ1) is 9.50. The fourth-order valence-electron chi connectivity index (χ4n) is 1.91. The van der Waals surface area contributed by atoms with Crippen molar-refractivity contribution < 1.29 is 0 Å². The smallest absolute Gasteiger partial charge is 0.224 e. The van der Waals surface area contributed by atoms with Crippen molar-refractivity contribution in [3.05, 3.63) is 47.9 Å². The second-order valence-electron chi connectivity index (χ2n) is 4.28. The molecule has 0 aliphatic carbocycles. The molecule has 0 amide bonds. The molecule has 0 aliphatic heterocycles. The zero-order chi connectivity index (χ0) is 14.3. The molecule has 104 valence electrons. The second-order valence-corrected chi connectivity index (χ2v) is 8.02. The highest BCUT2D eigenvalue weighted by Crippen LogP contribution is 2.22. The van der Waals surface area contributed by atoms with Crippen molar-refractivity contribution in [1.29, 1.82) is 0 Å². The lowest BCUT2D eigenvalue weighted by atomic mass is 10.4. The fraction of sp³-hybridized carbons (Fsp3) is 0.182. The average Bonchev–Trinajstić information content (AvgIpc) is 3.10. The van der Waals surface area contributed by atoms with Crippen LogP contribution in [-0.2, 0) is 5.79 Å². The van der Waals surface area contributed by atoms with Crippen molar-refractivity contribution in [1.82, 2.24) is 29.3 Å². The predicted octanol–water partition coefficient (Wildman–Crippen LogP) is 2.82. The van der Waals surface area contributed by atoms with Crippen molar-refractivity contribution in [2.45, 2.75) is 12.7 Å². The third-order valence-corrected chi connectivity index (χ3v) is 4.63. The molecule has 6 nitrogen and oxygen atoms in total. The van der Waals surface area contributed by atoms with E-state index in [0.29, 0.717) is 0 Å². The van der Waals surface area contributed by atoms with E-state index in [1.165, 1.54) is 0 Å². The van der Waals surface area contributed by atoms with Crippen LogP contribution in [0.4, 0.5) is 0 Å². The van der Waals surface area contributed by atoms with E-state index in [1.807, 2.05) is 58.2 Å². The quantitative estimate of drug-likeness (QED) is 0.432. The summed E-state index contributed by atoms with van der Waals surface area (Å²) in [7, 11) is 0. The van der Waals surface area contributed by atoms with Gasteiger partial charge in [-0.2, -0.15) is 15.3 Å². The fourth-order valence-corrected chi connectivity index (χ4v) is 3.08. The lowest BCUT2D eigenvalue weighted by molar-refractivity contribution is 0.141. The normalized spacial score (nSPS) is 12.0. The van der Waals surface area contributed by atoms with E-state index in [-0.39, 0.29) is 0 Å². The molecule has 3 heterocycles. The average molecular weight is 606 g/mol. The highest BCUT2D eigenvalue weighted by molar-refractivity contribution is 14.1. The summed E-state index contributed by atoms with van der Waals surface area (Å²) in [6.45, 7) is 2.03. The maximum atomic E-state index is 4.44. The molecule has 0 spiro atoms. The van der Waals surface area contributed by atoms with Gasteiger partial charge in [0.2, 0.25) is 5.79 Å². The van der Waals surface area contributed by atoms with E-state index < -0.39 is 5.79 Å². The zero-order valence-corrected chi connectivity index (χ0v) is 16.8. The Morgan fingerprint density at radius 2 is 1.05 bits per heavy atom. The van der Waals surface area contributed by atoms with E-state index in [0.717, 1.165) is 10.7 Å². The van der Waals surface area contributed by atoms with Gasteiger partial charge in [0.05, 0.1) is 29.3 Å². The Labute approximate surface area is 156 Å². The summed E-state index contributed by atoms with van der Waals surface area (Å²) in [5, 5.41) is 13.3. The van der Waals surface area contributed by atoms with Crippen LogP contribution in [0.5, 0.6) is 0 Å². The van der Waals surface area contributed by atoms with Gasteiger partial charge < -0.3 is 0 Å². The van der Waals surface area contributed by atoms with Crippen LogP contribution in [0, 0.1) is 10.7 Å². The lowest BCUT2D eigenvalue weighted by Gasteiger charge is -2.30. The van der Waals surface area contributed by atoms with Crippen molar-refractivity contribution >= 4 is 67.8 Å².